The molecule has 4 fully saturated rings. The Kier molecular flexibility index (Phi) is 14.3. The maximum Gasteiger partial charge on any atom is 2.00 e. The van der Waals surface area contributed by atoms with E-state index in [1.165, 1.54) is 12.1 Å². The topological polar surface area (TPSA) is 114 Å². The third-order valence-electron chi connectivity index (χ3n) is 16.8. The molecule has 10 aliphatic rings. The Balaban J connectivity index is 0.000000165. The number of hydrogen-bond donors (Lipinski definition) is 0. The van der Waals surface area contributed by atoms with Gasteiger partial charge < -0.3 is 9.11 Å². The molecular formula is C40H14Cl24MgO6S2. The van der Waals surface area contributed by atoms with Gasteiger partial charge in [0.05, 0.1) is 50.0 Å². The standard InChI is InChI=1S/2C20H8Cl12O3S.Mg/c2*21-11-13(23)17(27)9-7(15(11,25)19(17,29)30)5-2-1-4(36(33,34)35)3-6(5)8-10(9)18(28)14(24)12(22)16(8,26)20(18,31)32;/h2*1-3,7-10H,(H,33,34,35);/q;;+2/p-2. The van der Waals surface area contributed by atoms with Crippen LogP contribution in [0.15, 0.2) is 86.4 Å². The zero-order valence-corrected chi connectivity index (χ0v) is 55.3. The van der Waals surface area contributed by atoms with E-state index in [2.05, 4.69) is 0 Å². The predicted octanol–water partition coefficient (Wildman–Crippen LogP) is 17.0. The first kappa shape index (κ1) is 61.0. The number of hydrogen-bond acceptors (Lipinski definition) is 6. The molecule has 10 aliphatic carbocycles. The molecular weight excluding hydrogens is 1520 g/mol. The molecule has 16 atom stereocenters. The van der Waals surface area contributed by atoms with Gasteiger partial charge in [-0.15, -0.1) is 92.8 Å². The molecule has 12 rings (SSSR count). The van der Waals surface area contributed by atoms with Crippen LogP contribution >= 0.6 is 278 Å². The van der Waals surface area contributed by atoms with Crippen molar-refractivity contribution in [2.75, 3.05) is 0 Å². The van der Waals surface area contributed by atoms with E-state index in [0.717, 1.165) is 24.3 Å². The maximum absolute atomic E-state index is 12.0. The molecule has 0 spiro atoms. The van der Waals surface area contributed by atoms with Crippen molar-refractivity contribution in [3.05, 3.63) is 98.9 Å². The molecule has 8 bridgehead atoms. The van der Waals surface area contributed by atoms with Gasteiger partial charge >= 0.3 is 23.1 Å². The maximum atomic E-state index is 12.0. The van der Waals surface area contributed by atoms with Gasteiger partial charge in [-0.3, -0.25) is 0 Å². The van der Waals surface area contributed by atoms with Gasteiger partial charge in [-0.1, -0.05) is 198 Å². The minimum Gasteiger partial charge on any atom is -0.744 e. The summed E-state index contributed by atoms with van der Waals surface area (Å²) in [7, 11) is -9.80. The summed E-state index contributed by atoms with van der Waals surface area (Å²) in [5.74, 6) is -7.74. The first-order valence-corrected chi connectivity index (χ1v) is 31.8. The first-order chi connectivity index (χ1) is 32.4. The summed E-state index contributed by atoms with van der Waals surface area (Å²) in [6, 6.07) is 7.37. The molecule has 73 heavy (non-hydrogen) atoms. The predicted molar refractivity (Wildman–Crippen MR) is 301 cm³/mol. The van der Waals surface area contributed by atoms with Gasteiger partial charge in [0.1, 0.15) is 59.2 Å². The molecule has 0 aromatic heterocycles. The molecule has 6 nitrogen and oxygen atoms in total. The Labute approximate surface area is 552 Å². The van der Waals surface area contributed by atoms with Crippen LogP contribution in [0.4, 0.5) is 0 Å². The molecule has 0 radical (unpaired) electrons. The number of allylic oxidation sites excluding steroid dienone is 8. The van der Waals surface area contributed by atoms with Gasteiger partial charge in [-0.25, -0.2) is 16.8 Å². The Morgan fingerprint density at radius 3 is 0.685 bits per heavy atom. The molecule has 2 aromatic carbocycles. The van der Waals surface area contributed by atoms with Crippen molar-refractivity contribution in [3.63, 3.8) is 0 Å². The van der Waals surface area contributed by atoms with E-state index in [1.807, 2.05) is 0 Å². The van der Waals surface area contributed by atoms with Crippen LogP contribution in [0.3, 0.4) is 0 Å². The number of fused-ring (bicyclic) bond motifs is 28. The summed E-state index contributed by atoms with van der Waals surface area (Å²) in [4.78, 5) is -15.8. The molecule has 16 unspecified atom stereocenters. The van der Waals surface area contributed by atoms with E-state index in [-0.39, 0.29) is 74.4 Å². The van der Waals surface area contributed by atoms with Crippen LogP contribution in [-0.2, 0) is 20.2 Å². The van der Waals surface area contributed by atoms with Crippen LogP contribution in [-0.4, -0.2) is 105 Å². The average molecular weight is 1530 g/mol. The second-order valence-electron chi connectivity index (χ2n) is 19.0. The quantitative estimate of drug-likeness (QED) is 0.168. The fourth-order valence-corrected chi connectivity index (χ4v) is 27.2. The largest absolute Gasteiger partial charge is 2.00 e. The number of halogens is 24. The van der Waals surface area contributed by atoms with Crippen LogP contribution in [0.2, 0.25) is 0 Å². The van der Waals surface area contributed by atoms with E-state index in [4.69, 9.17) is 278 Å². The SMILES string of the molecule is O=S(=O)([O-])c1ccc2c(c1)C1C(C3C2C2(Cl)C(Cl)=C(Cl)C3(Cl)C2(Cl)Cl)C2(Cl)C(Cl)=C(Cl)C1(Cl)C2(Cl)Cl.O=S(=O)([O-])c1ccc2c(c1)C1C(C3C2C2(Cl)C(Cl)=C(Cl)C3(Cl)C2(Cl)Cl)C2(Cl)C(Cl)=C(Cl)C1(Cl)C2(Cl)Cl.[Mg+2]. The van der Waals surface area contributed by atoms with Crippen molar-refractivity contribution < 1.29 is 25.9 Å². The molecule has 392 valence electrons. The fraction of sp³-hybridized carbons (Fsp3) is 0.500. The Hall–Kier alpha value is 4.95. The van der Waals surface area contributed by atoms with Gasteiger partial charge in [-0.2, -0.15) is 0 Å². The van der Waals surface area contributed by atoms with Gasteiger partial charge in [-0.05, 0) is 46.5 Å². The summed E-state index contributed by atoms with van der Waals surface area (Å²) in [5, 5.41) is -0.909. The van der Waals surface area contributed by atoms with Crippen molar-refractivity contribution in [1.29, 1.82) is 0 Å². The van der Waals surface area contributed by atoms with Crippen LogP contribution in [0, 0.1) is 23.7 Å². The molecule has 0 amide bonds. The third-order valence-corrected chi connectivity index (χ3v) is 35.5. The minimum atomic E-state index is -4.90. The summed E-state index contributed by atoms with van der Waals surface area (Å²) in [6.45, 7) is 0. The monoisotopic (exact) mass is 1520 g/mol. The Morgan fingerprint density at radius 1 is 0.315 bits per heavy atom. The summed E-state index contributed by atoms with van der Waals surface area (Å²) in [5.41, 5.74) is 1.27. The molecule has 0 heterocycles. The smallest absolute Gasteiger partial charge is 0.744 e. The van der Waals surface area contributed by atoms with E-state index in [9.17, 15) is 25.9 Å². The summed E-state index contributed by atoms with van der Waals surface area (Å²) in [6.07, 6.45) is 0. The number of alkyl halides is 16. The number of benzene rings is 2. The zero-order valence-electron chi connectivity index (χ0n) is 34.1. The second kappa shape index (κ2) is 17.1. The van der Waals surface area contributed by atoms with E-state index in [1.54, 1.807) is 0 Å². The first-order valence-electron chi connectivity index (χ1n) is 19.9. The van der Waals surface area contributed by atoms with Crippen LogP contribution in [0.5, 0.6) is 0 Å². The molecule has 0 saturated heterocycles. The minimum absolute atomic E-state index is 0. The van der Waals surface area contributed by atoms with Gasteiger partial charge in [0.2, 0.25) is 0 Å². The van der Waals surface area contributed by atoms with E-state index in [0.29, 0.717) is 11.1 Å². The molecule has 2 aromatic rings. The fourth-order valence-electron chi connectivity index (χ4n) is 14.1. The van der Waals surface area contributed by atoms with Crippen molar-refractivity contribution >= 4 is 322 Å². The Morgan fingerprint density at radius 2 is 0.493 bits per heavy atom. The zero-order chi connectivity index (χ0) is 53.9. The molecule has 33 heteroatoms. The van der Waals surface area contributed by atoms with Gasteiger partial charge in [0.15, 0.2) is 17.3 Å². The normalized spacial score (nSPS) is 46.7. The van der Waals surface area contributed by atoms with E-state index < -0.39 is 134 Å². The van der Waals surface area contributed by atoms with Crippen LogP contribution in [0.25, 0.3) is 0 Å². The van der Waals surface area contributed by atoms with E-state index >= 15 is 0 Å². The van der Waals surface area contributed by atoms with Crippen molar-refractivity contribution in [2.45, 2.75) is 89.8 Å². The molecule has 0 aliphatic heterocycles. The second-order valence-corrected chi connectivity index (χ2v) is 34.9. The van der Waals surface area contributed by atoms with Gasteiger partial charge in [0.25, 0.3) is 0 Å². The molecule has 0 N–H and O–H groups in total. The van der Waals surface area contributed by atoms with Gasteiger partial charge in [0, 0.05) is 47.3 Å². The van der Waals surface area contributed by atoms with Crippen molar-refractivity contribution in [1.82, 2.24) is 0 Å². The average Bonchev–Trinajstić information content (AvgIpc) is 3.81. The van der Waals surface area contributed by atoms with Crippen molar-refractivity contribution in [2.24, 2.45) is 23.7 Å². The number of rotatable bonds is 2. The van der Waals surface area contributed by atoms with Crippen molar-refractivity contribution in [3.8, 4) is 0 Å². The third kappa shape index (κ3) is 6.07. The summed E-state index contributed by atoms with van der Waals surface area (Å²) < 4.78 is 63.7. The molecule has 4 saturated carbocycles. The van der Waals surface area contributed by atoms with Crippen LogP contribution < -0.4 is 0 Å². The Bertz CT molecular complexity index is 3170. The summed E-state index contributed by atoms with van der Waals surface area (Å²) >= 11 is 165. The van der Waals surface area contributed by atoms with Crippen LogP contribution in [0.1, 0.15) is 45.9 Å².